The Morgan fingerprint density at radius 2 is 1.57 bits per heavy atom. The average Bonchev–Trinajstić information content (AvgIpc) is 3.54. The van der Waals surface area contributed by atoms with Crippen molar-refractivity contribution >= 4 is 38.5 Å². The monoisotopic (exact) mass is 583 g/mol. The third-order valence-corrected chi connectivity index (χ3v) is 11.0. The normalized spacial score (nSPS) is 20.4. The van der Waals surface area contributed by atoms with Gasteiger partial charge in [-0.3, -0.25) is 14.4 Å². The number of carbonyl (C=O) groups is 3. The van der Waals surface area contributed by atoms with E-state index in [1.54, 1.807) is 34.8 Å². The molecule has 40 heavy (non-hydrogen) atoms. The Morgan fingerprint density at radius 3 is 2.10 bits per heavy atom. The second-order valence-corrected chi connectivity index (χ2v) is 13.3. The van der Waals surface area contributed by atoms with Crippen molar-refractivity contribution < 1.29 is 27.0 Å². The number of hydrogen-bond donors (Lipinski definition) is 2. The van der Waals surface area contributed by atoms with Crippen molar-refractivity contribution in [3.8, 4) is 0 Å². The molecule has 11 nitrogen and oxygen atoms in total. The van der Waals surface area contributed by atoms with Crippen LogP contribution in [0.5, 0.6) is 0 Å². The molecule has 210 valence electrons. The molecule has 2 aliphatic heterocycles. The Balaban J connectivity index is 1.43. The minimum atomic E-state index is -3.85. The zero-order valence-corrected chi connectivity index (χ0v) is 23.6. The number of amides is 1. The van der Waals surface area contributed by atoms with Gasteiger partial charge < -0.3 is 10.3 Å². The van der Waals surface area contributed by atoms with Gasteiger partial charge in [-0.2, -0.15) is 8.61 Å². The van der Waals surface area contributed by atoms with E-state index in [1.165, 1.54) is 48.7 Å². The van der Waals surface area contributed by atoms with Crippen molar-refractivity contribution in [2.24, 2.45) is 0 Å². The Hall–Kier alpha value is -3.52. The molecule has 0 saturated carbocycles. The van der Waals surface area contributed by atoms with Crippen molar-refractivity contribution in [2.75, 3.05) is 13.1 Å². The fourth-order valence-electron chi connectivity index (χ4n) is 5.20. The van der Waals surface area contributed by atoms with Crippen LogP contribution in [0, 0.1) is 0 Å². The van der Waals surface area contributed by atoms with Crippen molar-refractivity contribution in [1.82, 2.24) is 23.9 Å². The summed E-state index contributed by atoms with van der Waals surface area (Å²) in [5.41, 5.74) is 0.550. The van der Waals surface area contributed by atoms with Gasteiger partial charge in [0.15, 0.2) is 11.6 Å². The Bertz CT molecular complexity index is 1560. The summed E-state index contributed by atoms with van der Waals surface area (Å²) in [6, 6.07) is 11.4. The summed E-state index contributed by atoms with van der Waals surface area (Å²) in [7, 11) is -5.65. The second kappa shape index (κ2) is 10.8. The second-order valence-electron chi connectivity index (χ2n) is 9.96. The standard InChI is InChI=1S/C27H29N5O6S2/c1-18(33)20-3-7-23(8-4-20)39(36)32-25(15-22-16-28-17-29-22)26(35)30-27(32)11-13-31(14-12-27)40(37,38)24-9-5-21(6-10-24)19(2)34/h3-10,16-17,25H,11-15H2,1-2H3,(H,28,29)(H,30,35). The maximum Gasteiger partial charge on any atom is 0.243 e. The number of rotatable bonds is 8. The number of piperidine rings is 1. The lowest BCUT2D eigenvalue weighted by Crippen LogP contribution is -2.60. The summed E-state index contributed by atoms with van der Waals surface area (Å²) < 4.78 is 43.8. The van der Waals surface area contributed by atoms with Crippen molar-refractivity contribution in [2.45, 2.75) is 54.6 Å². The van der Waals surface area contributed by atoms with E-state index in [-0.39, 0.29) is 54.7 Å². The first-order chi connectivity index (χ1) is 19.0. The summed E-state index contributed by atoms with van der Waals surface area (Å²) in [6.45, 7) is 3.04. The zero-order chi connectivity index (χ0) is 28.7. The van der Waals surface area contributed by atoms with Crippen LogP contribution >= 0.6 is 0 Å². The van der Waals surface area contributed by atoms with Crippen molar-refractivity contribution in [3.05, 3.63) is 77.9 Å². The van der Waals surface area contributed by atoms with Crippen LogP contribution < -0.4 is 5.32 Å². The zero-order valence-electron chi connectivity index (χ0n) is 22.0. The largest absolute Gasteiger partial charge is 0.348 e. The molecule has 1 amide bonds. The minimum Gasteiger partial charge on any atom is -0.348 e. The van der Waals surface area contributed by atoms with Gasteiger partial charge in [0.2, 0.25) is 15.9 Å². The highest BCUT2D eigenvalue weighted by Gasteiger charge is 2.55. The summed E-state index contributed by atoms with van der Waals surface area (Å²) in [6.07, 6.45) is 3.76. The first-order valence-corrected chi connectivity index (χ1v) is 15.3. The lowest BCUT2D eigenvalue weighted by Gasteiger charge is -2.43. The number of imidazole rings is 1. The van der Waals surface area contributed by atoms with Crippen LogP contribution in [-0.2, 0) is 32.2 Å². The summed E-state index contributed by atoms with van der Waals surface area (Å²) >= 11 is 0. The van der Waals surface area contributed by atoms with Crippen molar-refractivity contribution in [3.63, 3.8) is 0 Å². The van der Waals surface area contributed by atoms with Crippen molar-refractivity contribution in [1.29, 1.82) is 0 Å². The molecule has 3 aromatic rings. The highest BCUT2D eigenvalue weighted by Crippen LogP contribution is 2.38. The molecule has 0 bridgehead atoms. The van der Waals surface area contributed by atoms with Gasteiger partial charge in [-0.25, -0.2) is 17.6 Å². The number of hydrogen-bond acceptors (Lipinski definition) is 7. The fraction of sp³-hybridized carbons (Fsp3) is 0.333. The molecule has 2 atom stereocenters. The third kappa shape index (κ3) is 5.17. The predicted octanol–water partition coefficient (Wildman–Crippen LogP) is 2.06. The lowest BCUT2D eigenvalue weighted by atomic mass is 9.99. The van der Waals surface area contributed by atoms with Gasteiger partial charge in [0.25, 0.3) is 0 Å². The van der Waals surface area contributed by atoms with E-state index in [1.807, 2.05) is 0 Å². The fourth-order valence-corrected chi connectivity index (χ4v) is 8.18. The summed E-state index contributed by atoms with van der Waals surface area (Å²) in [5, 5.41) is 3.04. The van der Waals surface area contributed by atoms with E-state index >= 15 is 0 Å². The molecule has 2 N–H and O–H groups in total. The van der Waals surface area contributed by atoms with Crippen LogP contribution in [0.2, 0.25) is 0 Å². The van der Waals surface area contributed by atoms with Gasteiger partial charge in [-0.1, -0.05) is 24.3 Å². The Morgan fingerprint density at radius 1 is 1.00 bits per heavy atom. The SMILES string of the molecule is CC(=O)c1ccc(S(=O)N2C(Cc3cnc[nH]3)C(=O)NC23CCN(S(=O)(=O)c2ccc(C(C)=O)cc2)CC3)cc1. The number of Topliss-reactive ketones (excluding diaryl/α,β-unsaturated/α-hetero) is 2. The molecule has 2 aromatic carbocycles. The third-order valence-electron chi connectivity index (χ3n) is 7.42. The van der Waals surface area contributed by atoms with E-state index < -0.39 is 32.7 Å². The number of sulfonamides is 1. The first kappa shape index (κ1) is 28.0. The van der Waals surface area contributed by atoms with E-state index in [4.69, 9.17) is 0 Å². The molecule has 13 heteroatoms. The van der Waals surface area contributed by atoms with Gasteiger partial charge in [0.1, 0.15) is 22.7 Å². The van der Waals surface area contributed by atoms with E-state index in [9.17, 15) is 27.0 Å². The average molecular weight is 584 g/mol. The molecule has 3 heterocycles. The number of ketones is 2. The highest BCUT2D eigenvalue weighted by molar-refractivity contribution is 7.89. The number of benzene rings is 2. The van der Waals surface area contributed by atoms with E-state index in [0.717, 1.165) is 0 Å². The highest BCUT2D eigenvalue weighted by atomic mass is 32.2. The molecule has 2 fully saturated rings. The molecule has 0 aliphatic carbocycles. The molecule has 2 aliphatic rings. The number of aromatic amines is 1. The van der Waals surface area contributed by atoms with Crippen LogP contribution in [0.25, 0.3) is 0 Å². The Kier molecular flexibility index (Phi) is 7.57. The number of carbonyl (C=O) groups excluding carboxylic acids is 3. The number of nitrogens with one attached hydrogen (secondary N) is 2. The van der Waals surface area contributed by atoms with Gasteiger partial charge in [-0.15, -0.1) is 0 Å². The Labute approximate surface area is 234 Å². The quantitative estimate of drug-likeness (QED) is 0.386. The maximum atomic E-state index is 14.0. The van der Waals surface area contributed by atoms with E-state index in [0.29, 0.717) is 21.7 Å². The van der Waals surface area contributed by atoms with Crippen LogP contribution in [0.3, 0.4) is 0 Å². The predicted molar refractivity (Wildman–Crippen MR) is 146 cm³/mol. The molecule has 2 saturated heterocycles. The number of aromatic nitrogens is 2. The minimum absolute atomic E-state index is 0.0759. The number of H-pyrrole nitrogens is 1. The molecule has 1 aromatic heterocycles. The maximum absolute atomic E-state index is 14.0. The molecular weight excluding hydrogens is 554 g/mol. The van der Waals surface area contributed by atoms with E-state index in [2.05, 4.69) is 15.3 Å². The smallest absolute Gasteiger partial charge is 0.243 e. The molecule has 1 spiro atoms. The van der Waals surface area contributed by atoms with Crippen LogP contribution in [-0.4, -0.2) is 73.5 Å². The summed E-state index contributed by atoms with van der Waals surface area (Å²) in [4.78, 5) is 44.2. The molecular formula is C27H29N5O6S2. The van der Waals surface area contributed by atoms with Crippen LogP contribution in [0.4, 0.5) is 0 Å². The van der Waals surface area contributed by atoms with Crippen LogP contribution in [0.1, 0.15) is 53.1 Å². The lowest BCUT2D eigenvalue weighted by molar-refractivity contribution is -0.121. The molecule has 5 rings (SSSR count). The van der Waals surface area contributed by atoms with Gasteiger partial charge in [0, 0.05) is 42.5 Å². The summed E-state index contributed by atoms with van der Waals surface area (Å²) in [5.74, 6) is -0.581. The van der Waals surface area contributed by atoms with Gasteiger partial charge in [0.05, 0.1) is 16.1 Å². The molecule has 2 unspecified atom stereocenters. The van der Waals surface area contributed by atoms with Crippen LogP contribution in [0.15, 0.2) is 70.8 Å². The van der Waals surface area contributed by atoms with Gasteiger partial charge in [-0.05, 0) is 51.0 Å². The number of nitrogens with zero attached hydrogens (tertiary/aromatic N) is 3. The topological polar surface area (TPSA) is 150 Å². The molecule has 0 radical (unpaired) electrons. The van der Waals surface area contributed by atoms with Gasteiger partial charge >= 0.3 is 0 Å². The first-order valence-electron chi connectivity index (χ1n) is 12.7.